The van der Waals surface area contributed by atoms with Crippen molar-refractivity contribution in [2.45, 2.75) is 102 Å². The number of hydrogen-bond donors (Lipinski definition) is 4. The summed E-state index contributed by atoms with van der Waals surface area (Å²) in [6, 6.07) is 4.83. The van der Waals surface area contributed by atoms with Crippen LogP contribution in [0.15, 0.2) is 36.7 Å². The molecule has 12 heteroatoms. The molecule has 1 saturated heterocycles. The fraction of sp³-hybridized carbons (Fsp3) is 0.576. The highest BCUT2D eigenvalue weighted by Gasteiger charge is 2.54. The number of hydrogen-bond acceptors (Lipinski definition) is 7. The van der Waals surface area contributed by atoms with Crippen molar-refractivity contribution in [2.24, 2.45) is 11.8 Å². The second kappa shape index (κ2) is 13.4. The van der Waals surface area contributed by atoms with E-state index in [-0.39, 0.29) is 30.7 Å². The zero-order valence-electron chi connectivity index (χ0n) is 26.1. The van der Waals surface area contributed by atoms with Gasteiger partial charge in [-0.05, 0) is 37.5 Å². The topological polar surface area (TPSA) is 167 Å². The molecule has 0 bridgehead atoms. The summed E-state index contributed by atoms with van der Waals surface area (Å²) in [5.41, 5.74) is -1.33. The number of fused-ring (bicyclic) bond motifs is 1. The zero-order chi connectivity index (χ0) is 32.3. The van der Waals surface area contributed by atoms with Gasteiger partial charge in [-0.3, -0.25) is 24.2 Å². The lowest BCUT2D eigenvalue weighted by Crippen LogP contribution is -2.60. The third-order valence-electron chi connectivity index (χ3n) is 9.29. The SMILES string of the molecule is CC(=O)N[C@H](C(=O)N[C@H](C(=O)N1C[C@H](Oc2cncc3ccccc23)C[C@H]1C(=O)NC1(C(=O)O)CC1)C(C)C)C1CCCCC1. The molecule has 2 aliphatic carbocycles. The first-order valence-corrected chi connectivity index (χ1v) is 15.9. The number of amides is 4. The van der Waals surface area contributed by atoms with Gasteiger partial charge in [-0.25, -0.2) is 4.79 Å². The van der Waals surface area contributed by atoms with E-state index >= 15 is 0 Å². The molecular weight excluding hydrogens is 578 g/mol. The Bertz CT molecular complexity index is 1450. The van der Waals surface area contributed by atoms with Crippen LogP contribution in [0.1, 0.15) is 72.1 Å². The Balaban J connectivity index is 1.38. The minimum Gasteiger partial charge on any atom is -0.486 e. The van der Waals surface area contributed by atoms with Gasteiger partial charge in [0.1, 0.15) is 35.5 Å². The Morgan fingerprint density at radius 1 is 1.02 bits per heavy atom. The maximum atomic E-state index is 14.2. The number of aliphatic carboxylic acids is 1. The Kier molecular flexibility index (Phi) is 9.59. The number of rotatable bonds is 11. The molecule has 4 amide bonds. The second-order valence-electron chi connectivity index (χ2n) is 13.0. The van der Waals surface area contributed by atoms with E-state index < -0.39 is 53.5 Å². The van der Waals surface area contributed by atoms with E-state index in [1.54, 1.807) is 26.2 Å². The van der Waals surface area contributed by atoms with Crippen molar-refractivity contribution in [3.05, 3.63) is 36.7 Å². The lowest BCUT2D eigenvalue weighted by Gasteiger charge is -2.34. The highest BCUT2D eigenvalue weighted by Crippen LogP contribution is 2.37. The van der Waals surface area contributed by atoms with Gasteiger partial charge in [-0.15, -0.1) is 0 Å². The third kappa shape index (κ3) is 7.20. The van der Waals surface area contributed by atoms with Gasteiger partial charge in [0.05, 0.1) is 12.7 Å². The van der Waals surface area contributed by atoms with E-state index in [1.807, 2.05) is 24.3 Å². The number of aromatic nitrogens is 1. The molecule has 3 fully saturated rings. The molecule has 45 heavy (non-hydrogen) atoms. The van der Waals surface area contributed by atoms with Crippen molar-refractivity contribution >= 4 is 40.4 Å². The Hall–Kier alpha value is -4.22. The predicted molar refractivity (Wildman–Crippen MR) is 165 cm³/mol. The van der Waals surface area contributed by atoms with Crippen LogP contribution in [0.2, 0.25) is 0 Å². The molecule has 4 N–H and O–H groups in total. The number of carboxylic acid groups (broad SMARTS) is 1. The van der Waals surface area contributed by atoms with Crippen LogP contribution in [0, 0.1) is 11.8 Å². The van der Waals surface area contributed by atoms with E-state index in [0.29, 0.717) is 18.6 Å². The smallest absolute Gasteiger partial charge is 0.329 e. The van der Waals surface area contributed by atoms with Crippen molar-refractivity contribution in [3.8, 4) is 5.75 Å². The number of nitrogens with zero attached hydrogens (tertiary/aromatic N) is 2. The minimum atomic E-state index is -1.33. The molecule has 3 aliphatic rings. The van der Waals surface area contributed by atoms with Crippen LogP contribution >= 0.6 is 0 Å². The third-order valence-corrected chi connectivity index (χ3v) is 9.29. The number of benzene rings is 1. The fourth-order valence-electron chi connectivity index (χ4n) is 6.59. The molecule has 1 aliphatic heterocycles. The van der Waals surface area contributed by atoms with E-state index in [4.69, 9.17) is 4.74 Å². The quantitative estimate of drug-likeness (QED) is 0.297. The number of nitrogens with one attached hydrogen (secondary N) is 3. The van der Waals surface area contributed by atoms with Crippen LogP contribution in [-0.2, 0) is 24.0 Å². The predicted octanol–water partition coefficient (Wildman–Crippen LogP) is 2.54. The van der Waals surface area contributed by atoms with Gasteiger partial charge in [0.15, 0.2) is 0 Å². The van der Waals surface area contributed by atoms with Crippen molar-refractivity contribution in [3.63, 3.8) is 0 Å². The van der Waals surface area contributed by atoms with Gasteiger partial charge in [-0.1, -0.05) is 57.4 Å². The molecule has 1 aromatic carbocycles. The Morgan fingerprint density at radius 3 is 2.38 bits per heavy atom. The number of likely N-dealkylation sites (tertiary alicyclic amines) is 1. The van der Waals surface area contributed by atoms with E-state index in [1.165, 1.54) is 11.8 Å². The maximum Gasteiger partial charge on any atom is 0.329 e. The van der Waals surface area contributed by atoms with Crippen LogP contribution in [0.25, 0.3) is 10.8 Å². The number of carbonyl (C=O) groups is 5. The Labute approximate surface area is 262 Å². The van der Waals surface area contributed by atoms with Crippen LogP contribution in [-0.4, -0.2) is 80.9 Å². The monoisotopic (exact) mass is 621 g/mol. The van der Waals surface area contributed by atoms with E-state index in [2.05, 4.69) is 20.9 Å². The van der Waals surface area contributed by atoms with Gasteiger partial charge in [0, 0.05) is 30.3 Å². The first-order chi connectivity index (χ1) is 21.5. The summed E-state index contributed by atoms with van der Waals surface area (Å²) in [4.78, 5) is 71.1. The number of carboxylic acids is 1. The summed E-state index contributed by atoms with van der Waals surface area (Å²) in [6.07, 6.45) is 8.11. The lowest BCUT2D eigenvalue weighted by atomic mass is 9.83. The summed E-state index contributed by atoms with van der Waals surface area (Å²) < 4.78 is 6.34. The van der Waals surface area contributed by atoms with Crippen LogP contribution in [0.3, 0.4) is 0 Å². The van der Waals surface area contributed by atoms with Crippen molar-refractivity contribution < 1.29 is 33.8 Å². The molecule has 2 saturated carbocycles. The number of pyridine rings is 1. The summed E-state index contributed by atoms with van der Waals surface area (Å²) in [5, 5.41) is 19.8. The van der Waals surface area contributed by atoms with Crippen molar-refractivity contribution in [2.75, 3.05) is 6.54 Å². The summed E-state index contributed by atoms with van der Waals surface area (Å²) >= 11 is 0. The molecule has 1 aromatic heterocycles. The molecular formula is C33H43N5O7. The highest BCUT2D eigenvalue weighted by atomic mass is 16.5. The number of carbonyl (C=O) groups excluding carboxylic acids is 4. The van der Waals surface area contributed by atoms with Gasteiger partial charge in [-0.2, -0.15) is 0 Å². The molecule has 2 aromatic rings. The molecule has 0 spiro atoms. The second-order valence-corrected chi connectivity index (χ2v) is 13.0. The van der Waals surface area contributed by atoms with Crippen LogP contribution in [0.5, 0.6) is 5.75 Å². The molecule has 242 valence electrons. The molecule has 2 heterocycles. The summed E-state index contributed by atoms with van der Waals surface area (Å²) in [7, 11) is 0. The van der Waals surface area contributed by atoms with E-state index in [0.717, 1.165) is 42.9 Å². The molecule has 5 rings (SSSR count). The molecule has 12 nitrogen and oxygen atoms in total. The van der Waals surface area contributed by atoms with Gasteiger partial charge >= 0.3 is 5.97 Å². The van der Waals surface area contributed by atoms with E-state index in [9.17, 15) is 29.1 Å². The molecule has 4 atom stereocenters. The summed E-state index contributed by atoms with van der Waals surface area (Å²) in [6.45, 7) is 5.04. The Morgan fingerprint density at radius 2 is 1.73 bits per heavy atom. The molecule has 0 unspecified atom stereocenters. The normalized spacial score (nSPS) is 22.4. The standard InChI is InChI=1S/C33H43N5O7/c1-19(2)27(36-30(41)28(35-20(3)39)21-9-5-4-6-10-21)31(42)38-18-23(15-25(38)29(40)37-33(13-14-33)32(43)44)45-26-17-34-16-22-11-7-8-12-24(22)26/h7-8,11-12,16-17,19,21,23,25,27-28H,4-6,9-10,13-15,18H2,1-3H3,(H,35,39)(H,36,41)(H,37,40)(H,43,44)/t23-,25+,27+,28+/m1/s1. The van der Waals surface area contributed by atoms with Gasteiger partial charge in [0.25, 0.3) is 0 Å². The van der Waals surface area contributed by atoms with Crippen LogP contribution in [0.4, 0.5) is 0 Å². The first kappa shape index (κ1) is 32.2. The number of ether oxygens (including phenoxy) is 1. The lowest BCUT2D eigenvalue weighted by molar-refractivity contribution is -0.146. The van der Waals surface area contributed by atoms with Crippen molar-refractivity contribution in [1.82, 2.24) is 25.8 Å². The van der Waals surface area contributed by atoms with Gasteiger partial charge < -0.3 is 30.7 Å². The zero-order valence-corrected chi connectivity index (χ0v) is 26.1. The highest BCUT2D eigenvalue weighted by molar-refractivity contribution is 5.97. The van der Waals surface area contributed by atoms with Crippen molar-refractivity contribution in [1.29, 1.82) is 0 Å². The first-order valence-electron chi connectivity index (χ1n) is 15.9. The summed E-state index contributed by atoms with van der Waals surface area (Å²) in [5.74, 6) is -2.76. The van der Waals surface area contributed by atoms with Crippen LogP contribution < -0.4 is 20.7 Å². The minimum absolute atomic E-state index is 0.0336. The largest absolute Gasteiger partial charge is 0.486 e. The fourth-order valence-corrected chi connectivity index (χ4v) is 6.59. The maximum absolute atomic E-state index is 14.2. The average Bonchev–Trinajstić information content (AvgIpc) is 3.68. The van der Waals surface area contributed by atoms with Gasteiger partial charge in [0.2, 0.25) is 23.6 Å². The molecule has 0 radical (unpaired) electrons. The average molecular weight is 622 g/mol.